The highest BCUT2D eigenvalue weighted by Gasteiger charge is 2.09. The van der Waals surface area contributed by atoms with Crippen LogP contribution in [0.3, 0.4) is 0 Å². The van der Waals surface area contributed by atoms with Crippen molar-refractivity contribution in [2.75, 3.05) is 7.11 Å². The molecule has 0 atom stereocenters. The molecule has 7 heteroatoms. The maximum absolute atomic E-state index is 12.0. The Hall–Kier alpha value is -4.31. The maximum atomic E-state index is 12.0. The van der Waals surface area contributed by atoms with Crippen LogP contribution >= 0.6 is 0 Å². The molecule has 30 heavy (non-hydrogen) atoms. The molecule has 0 bridgehead atoms. The summed E-state index contributed by atoms with van der Waals surface area (Å²) in [5.74, 6) is 1.56. The van der Waals surface area contributed by atoms with Crippen molar-refractivity contribution in [1.29, 1.82) is 5.26 Å². The third-order valence-corrected chi connectivity index (χ3v) is 4.58. The zero-order valence-electron chi connectivity index (χ0n) is 16.2. The number of imidazole rings is 1. The zero-order valence-corrected chi connectivity index (χ0v) is 16.2. The molecule has 2 aromatic heterocycles. The Kier molecular flexibility index (Phi) is 5.31. The molecule has 4 aromatic rings. The molecule has 0 unspecified atom stereocenters. The minimum Gasteiger partial charge on any atom is -0.495 e. The van der Waals surface area contributed by atoms with Gasteiger partial charge in [0.05, 0.1) is 31.7 Å². The summed E-state index contributed by atoms with van der Waals surface area (Å²) in [6, 6.07) is 19.9. The summed E-state index contributed by atoms with van der Waals surface area (Å²) in [7, 11) is 1.51. The number of hydrogen-bond acceptors (Lipinski definition) is 5. The van der Waals surface area contributed by atoms with Gasteiger partial charge in [0.15, 0.2) is 0 Å². The van der Waals surface area contributed by atoms with Crippen LogP contribution in [0.15, 0.2) is 84.2 Å². The van der Waals surface area contributed by atoms with Crippen LogP contribution < -0.4 is 15.0 Å². The Morgan fingerprint density at radius 2 is 1.93 bits per heavy atom. The minimum atomic E-state index is -0.0756. The first-order valence-corrected chi connectivity index (χ1v) is 9.21. The summed E-state index contributed by atoms with van der Waals surface area (Å²) in [4.78, 5) is 16.1. The van der Waals surface area contributed by atoms with E-state index in [1.807, 2.05) is 34.9 Å². The van der Waals surface area contributed by atoms with Crippen LogP contribution in [-0.2, 0) is 6.54 Å². The number of benzene rings is 2. The van der Waals surface area contributed by atoms with Gasteiger partial charge in [0.2, 0.25) is 5.88 Å². The Bertz CT molecular complexity index is 1270. The van der Waals surface area contributed by atoms with E-state index in [-0.39, 0.29) is 5.56 Å². The number of nitriles is 1. The molecule has 4 rings (SSSR count). The highest BCUT2D eigenvalue weighted by Crippen LogP contribution is 2.28. The number of rotatable bonds is 6. The normalized spacial score (nSPS) is 10.4. The Balaban J connectivity index is 1.52. The van der Waals surface area contributed by atoms with E-state index in [0.29, 0.717) is 29.5 Å². The molecular formula is C23H18N4O3. The van der Waals surface area contributed by atoms with E-state index in [0.717, 1.165) is 11.3 Å². The molecule has 0 saturated carbocycles. The highest BCUT2D eigenvalue weighted by atomic mass is 16.5. The molecule has 2 aromatic carbocycles. The molecule has 0 aliphatic carbocycles. The first kappa shape index (κ1) is 19.0. The van der Waals surface area contributed by atoms with Gasteiger partial charge in [-0.15, -0.1) is 0 Å². The van der Waals surface area contributed by atoms with Crippen molar-refractivity contribution in [1.82, 2.24) is 14.1 Å². The van der Waals surface area contributed by atoms with Crippen LogP contribution in [0.1, 0.15) is 11.1 Å². The van der Waals surface area contributed by atoms with Crippen LogP contribution in [0.4, 0.5) is 0 Å². The molecule has 2 heterocycles. The molecule has 0 saturated heterocycles. The molecule has 7 nitrogen and oxygen atoms in total. The van der Waals surface area contributed by atoms with Crippen LogP contribution in [0.2, 0.25) is 0 Å². The van der Waals surface area contributed by atoms with Gasteiger partial charge in [0.25, 0.3) is 5.56 Å². The fourth-order valence-corrected chi connectivity index (χ4v) is 3.06. The predicted octanol–water partition coefficient (Wildman–Crippen LogP) is 3.75. The minimum absolute atomic E-state index is 0.0756. The lowest BCUT2D eigenvalue weighted by atomic mass is 10.2. The van der Waals surface area contributed by atoms with Gasteiger partial charge in [-0.3, -0.25) is 13.9 Å². The molecule has 0 radical (unpaired) electrons. The van der Waals surface area contributed by atoms with Crippen molar-refractivity contribution < 1.29 is 9.47 Å². The molecule has 0 fully saturated rings. The van der Waals surface area contributed by atoms with E-state index < -0.39 is 0 Å². The average Bonchev–Trinajstić information content (AvgIpc) is 3.21. The third kappa shape index (κ3) is 3.93. The van der Waals surface area contributed by atoms with E-state index in [9.17, 15) is 4.79 Å². The van der Waals surface area contributed by atoms with Gasteiger partial charge in [-0.2, -0.15) is 5.26 Å². The molecule has 0 aliphatic rings. The smallest absolute Gasteiger partial charge is 0.255 e. The van der Waals surface area contributed by atoms with Crippen LogP contribution in [0, 0.1) is 11.3 Å². The van der Waals surface area contributed by atoms with Gasteiger partial charge < -0.3 is 9.47 Å². The Morgan fingerprint density at radius 1 is 1.10 bits per heavy atom. The van der Waals surface area contributed by atoms with Crippen molar-refractivity contribution in [2.24, 2.45) is 0 Å². The first-order valence-electron chi connectivity index (χ1n) is 9.21. The number of aromatic nitrogens is 3. The average molecular weight is 398 g/mol. The van der Waals surface area contributed by atoms with Gasteiger partial charge in [0.1, 0.15) is 17.6 Å². The first-order chi connectivity index (χ1) is 14.7. The fourth-order valence-electron chi connectivity index (χ4n) is 3.06. The summed E-state index contributed by atoms with van der Waals surface area (Å²) in [6.07, 6.45) is 5.05. The van der Waals surface area contributed by atoms with Crippen molar-refractivity contribution in [3.8, 4) is 29.1 Å². The van der Waals surface area contributed by atoms with E-state index in [2.05, 4.69) is 11.1 Å². The summed E-state index contributed by atoms with van der Waals surface area (Å²) in [5.41, 5.74) is 2.20. The molecular weight excluding hydrogens is 380 g/mol. The second kappa shape index (κ2) is 8.37. The number of nitrogens with zero attached hydrogens (tertiary/aromatic N) is 4. The number of pyridine rings is 1. The quantitative estimate of drug-likeness (QED) is 0.494. The molecule has 0 spiro atoms. The van der Waals surface area contributed by atoms with Crippen LogP contribution in [0.5, 0.6) is 17.4 Å². The van der Waals surface area contributed by atoms with Crippen LogP contribution in [-0.4, -0.2) is 21.2 Å². The second-order valence-electron chi connectivity index (χ2n) is 6.51. The summed E-state index contributed by atoms with van der Waals surface area (Å²) >= 11 is 0. The van der Waals surface area contributed by atoms with Gasteiger partial charge >= 0.3 is 0 Å². The van der Waals surface area contributed by atoms with E-state index in [1.54, 1.807) is 47.6 Å². The highest BCUT2D eigenvalue weighted by molar-refractivity contribution is 5.48. The standard InChI is InChI=1S/C23H18N4O3/c1-29-21-12-20(10-7-18(21)13-24)30-23-14-25-16-26(23)15-17-5-8-19(9-6-17)27-11-3-2-4-22(27)28/h2-12,14,16H,15H2,1H3. The lowest BCUT2D eigenvalue weighted by molar-refractivity contribution is 0.402. The summed E-state index contributed by atoms with van der Waals surface area (Å²) in [5, 5.41) is 9.11. The fraction of sp³-hybridized carbons (Fsp3) is 0.0870. The largest absolute Gasteiger partial charge is 0.495 e. The van der Waals surface area contributed by atoms with E-state index in [1.165, 1.54) is 13.2 Å². The molecule has 0 aliphatic heterocycles. The van der Waals surface area contributed by atoms with Gasteiger partial charge in [-0.1, -0.05) is 18.2 Å². The Labute approximate surface area is 173 Å². The number of ether oxygens (including phenoxy) is 2. The molecule has 148 valence electrons. The van der Waals surface area contributed by atoms with Crippen molar-refractivity contribution >= 4 is 0 Å². The topological polar surface area (TPSA) is 82.1 Å². The SMILES string of the molecule is COc1cc(Oc2cncn2Cc2ccc(-n3ccccc3=O)cc2)ccc1C#N. The zero-order chi connectivity index (χ0) is 20.9. The summed E-state index contributed by atoms with van der Waals surface area (Å²) in [6.45, 7) is 0.548. The number of methoxy groups -OCH3 is 1. The van der Waals surface area contributed by atoms with Crippen molar-refractivity contribution in [3.05, 3.63) is 101 Å². The van der Waals surface area contributed by atoms with Crippen LogP contribution in [0.25, 0.3) is 5.69 Å². The van der Waals surface area contributed by atoms with Gasteiger partial charge in [0, 0.05) is 24.0 Å². The molecule has 0 amide bonds. The lowest BCUT2D eigenvalue weighted by Crippen LogP contribution is -2.15. The monoisotopic (exact) mass is 398 g/mol. The summed E-state index contributed by atoms with van der Waals surface area (Å²) < 4.78 is 14.6. The third-order valence-electron chi connectivity index (χ3n) is 4.58. The van der Waals surface area contributed by atoms with Gasteiger partial charge in [-0.05, 0) is 35.9 Å². The predicted molar refractivity (Wildman–Crippen MR) is 111 cm³/mol. The second-order valence-corrected chi connectivity index (χ2v) is 6.51. The van der Waals surface area contributed by atoms with Gasteiger partial charge in [-0.25, -0.2) is 4.98 Å². The van der Waals surface area contributed by atoms with Crippen molar-refractivity contribution in [2.45, 2.75) is 6.54 Å². The lowest BCUT2D eigenvalue weighted by Gasteiger charge is -2.12. The van der Waals surface area contributed by atoms with E-state index >= 15 is 0 Å². The molecule has 0 N–H and O–H groups in total. The maximum Gasteiger partial charge on any atom is 0.255 e. The van der Waals surface area contributed by atoms with E-state index in [4.69, 9.17) is 14.7 Å². The van der Waals surface area contributed by atoms with Crippen molar-refractivity contribution in [3.63, 3.8) is 0 Å². The number of hydrogen-bond donors (Lipinski definition) is 0. The Morgan fingerprint density at radius 3 is 2.67 bits per heavy atom.